The summed E-state index contributed by atoms with van der Waals surface area (Å²) in [5.74, 6) is 1.67. The number of rotatable bonds is 4. The van der Waals surface area contributed by atoms with Crippen molar-refractivity contribution >= 4 is 23.1 Å². The molecule has 0 bridgehead atoms. The summed E-state index contributed by atoms with van der Waals surface area (Å²) in [7, 11) is 2.05. The molecule has 190 valence electrons. The molecule has 0 radical (unpaired) electrons. The maximum Gasteiger partial charge on any atom is 0.163 e. The maximum atomic E-state index is 6.35. The highest BCUT2D eigenvalue weighted by Gasteiger charge is 2.23. The van der Waals surface area contributed by atoms with Gasteiger partial charge in [-0.25, -0.2) is 9.97 Å². The van der Waals surface area contributed by atoms with Crippen LogP contribution >= 0.6 is 11.6 Å². The van der Waals surface area contributed by atoms with Crippen LogP contribution in [0.2, 0.25) is 5.15 Å². The Morgan fingerprint density at radius 1 is 0.889 bits per heavy atom. The van der Waals surface area contributed by atoms with Gasteiger partial charge in [-0.15, -0.1) is 0 Å². The van der Waals surface area contributed by atoms with E-state index in [0.717, 1.165) is 88.9 Å². The van der Waals surface area contributed by atoms with Gasteiger partial charge >= 0.3 is 0 Å². The van der Waals surface area contributed by atoms with Gasteiger partial charge in [-0.2, -0.15) is 0 Å². The van der Waals surface area contributed by atoms with Gasteiger partial charge in [0.25, 0.3) is 0 Å². The summed E-state index contributed by atoms with van der Waals surface area (Å²) in [6, 6.07) is 19.1. The van der Waals surface area contributed by atoms with Crippen LogP contribution in [-0.2, 0) is 17.7 Å². The number of nitrogens with one attached hydrogen (secondary N) is 1. The fourth-order valence-electron chi connectivity index (χ4n) is 4.84. The predicted molar refractivity (Wildman–Crippen MR) is 147 cm³/mol. The van der Waals surface area contributed by atoms with Crippen LogP contribution in [0.5, 0.6) is 0 Å². The molecule has 0 amide bonds. The van der Waals surface area contributed by atoms with Gasteiger partial charge in [-0.3, -0.25) is 4.90 Å². The number of aromatic nitrogens is 2. The van der Waals surface area contributed by atoms with Crippen molar-refractivity contribution in [2.24, 2.45) is 0 Å². The highest BCUT2D eigenvalue weighted by atomic mass is 35.5. The lowest BCUT2D eigenvalue weighted by Crippen LogP contribution is -2.43. The monoisotopic (exact) mass is 506 g/mol. The number of piperazine rings is 1. The summed E-state index contributed by atoms with van der Waals surface area (Å²) in [6.07, 6.45) is 0.923. The van der Waals surface area contributed by atoms with Crippen LogP contribution < -0.4 is 15.1 Å². The molecular weight excluding hydrogens is 472 g/mol. The molecule has 3 aliphatic rings. The number of morpholine rings is 1. The Morgan fingerprint density at radius 3 is 2.33 bits per heavy atom. The van der Waals surface area contributed by atoms with Crippen LogP contribution in [0.15, 0.2) is 54.6 Å². The van der Waals surface area contributed by atoms with E-state index in [1.54, 1.807) is 0 Å². The van der Waals surface area contributed by atoms with Crippen LogP contribution in [0.25, 0.3) is 11.4 Å². The average molecular weight is 507 g/mol. The number of fused-ring (bicyclic) bond motifs is 1. The van der Waals surface area contributed by atoms with Crippen molar-refractivity contribution in [3.05, 3.63) is 70.9 Å². The highest BCUT2D eigenvalue weighted by Crippen LogP contribution is 2.32. The Morgan fingerprint density at radius 2 is 1.61 bits per heavy atom. The Hall–Kier alpha value is -2.71. The van der Waals surface area contributed by atoms with Crippen molar-refractivity contribution < 1.29 is 4.74 Å². The summed E-state index contributed by atoms with van der Waals surface area (Å²) in [6.45, 7) is 10.1. The number of anilines is 2. The molecule has 2 saturated heterocycles. The molecule has 8 heteroatoms. The molecule has 2 aromatic carbocycles. The van der Waals surface area contributed by atoms with Crippen molar-refractivity contribution in [3.8, 4) is 11.4 Å². The van der Waals surface area contributed by atoms with Gasteiger partial charge in [0.15, 0.2) is 5.82 Å². The second-order valence-corrected chi connectivity index (χ2v) is 9.83. The van der Waals surface area contributed by atoms with Gasteiger partial charge in [-0.05, 0) is 36.2 Å². The first kappa shape index (κ1) is 25.0. The third-order valence-electron chi connectivity index (χ3n) is 6.95. The van der Waals surface area contributed by atoms with Gasteiger partial charge in [0.1, 0.15) is 11.0 Å². The van der Waals surface area contributed by atoms with Gasteiger partial charge in [-0.1, -0.05) is 41.9 Å². The van der Waals surface area contributed by atoms with Crippen molar-refractivity contribution in [1.29, 1.82) is 0 Å². The first-order chi connectivity index (χ1) is 17.7. The van der Waals surface area contributed by atoms with Gasteiger partial charge in [0.05, 0.1) is 13.2 Å². The number of nitrogens with zero attached hydrogens (tertiary/aromatic N) is 5. The minimum absolute atomic E-state index is 0.584. The quantitative estimate of drug-likeness (QED) is 0.541. The Kier molecular flexibility index (Phi) is 8.33. The molecule has 0 saturated carbocycles. The number of halogens is 1. The second kappa shape index (κ2) is 12.0. The summed E-state index contributed by atoms with van der Waals surface area (Å²) in [4.78, 5) is 16.2. The molecule has 6 rings (SSSR count). The normalized spacial score (nSPS) is 17.9. The van der Waals surface area contributed by atoms with E-state index in [-0.39, 0.29) is 0 Å². The topological polar surface area (TPSA) is 56.8 Å². The highest BCUT2D eigenvalue weighted by molar-refractivity contribution is 6.30. The third kappa shape index (κ3) is 6.16. The fraction of sp³-hybridized carbons (Fsp3) is 0.429. The molecule has 0 unspecified atom stereocenters. The number of benzene rings is 2. The van der Waals surface area contributed by atoms with Gasteiger partial charge in [0.2, 0.25) is 0 Å². The van der Waals surface area contributed by atoms with E-state index in [0.29, 0.717) is 11.0 Å². The standard InChI is InChI=1S/C17H20ClN5.C11H15NO/c1-22-9-6-14-15(18)20-16(21-17(14)22)12-2-4-13(5-3-12)23-10-7-19-8-11-23;1-2-4-11(5-3-1)10-12-6-8-13-9-7-12/h2-5,19H,6-11H2,1H3;1-5H,6-10H2. The van der Waals surface area contributed by atoms with Gasteiger partial charge in [0, 0.05) is 76.2 Å². The molecule has 4 heterocycles. The van der Waals surface area contributed by atoms with E-state index < -0.39 is 0 Å². The van der Waals surface area contributed by atoms with Crippen molar-refractivity contribution in [1.82, 2.24) is 20.2 Å². The zero-order valence-corrected chi connectivity index (χ0v) is 21.8. The van der Waals surface area contributed by atoms with Gasteiger partial charge < -0.3 is 19.9 Å². The van der Waals surface area contributed by atoms with Crippen molar-refractivity contribution in [3.63, 3.8) is 0 Å². The first-order valence-corrected chi connectivity index (χ1v) is 13.2. The number of hydrogen-bond acceptors (Lipinski definition) is 7. The van der Waals surface area contributed by atoms with Crippen molar-refractivity contribution in [2.45, 2.75) is 13.0 Å². The molecule has 2 fully saturated rings. The van der Waals surface area contributed by atoms with Crippen LogP contribution in [0.1, 0.15) is 11.1 Å². The lowest BCUT2D eigenvalue weighted by atomic mass is 10.1. The second-order valence-electron chi connectivity index (χ2n) is 9.47. The molecule has 0 atom stereocenters. The Labute approximate surface area is 219 Å². The SMILES string of the molecule is CN1CCc2c(Cl)nc(-c3ccc(N4CCNCC4)cc3)nc21.c1ccc(CN2CCOCC2)cc1. The Balaban J connectivity index is 0.000000174. The lowest BCUT2D eigenvalue weighted by Gasteiger charge is -2.29. The summed E-state index contributed by atoms with van der Waals surface area (Å²) in [5.41, 5.74) is 4.72. The Bertz CT molecular complexity index is 1110. The smallest absolute Gasteiger partial charge is 0.163 e. The molecular formula is C28H35ClN6O. The minimum Gasteiger partial charge on any atom is -0.379 e. The molecule has 7 nitrogen and oxygen atoms in total. The molecule has 0 spiro atoms. The number of likely N-dealkylation sites (N-methyl/N-ethyl adjacent to an activating group) is 1. The van der Waals surface area contributed by atoms with Crippen molar-refractivity contribution in [2.75, 3.05) is 75.9 Å². The van der Waals surface area contributed by atoms with E-state index >= 15 is 0 Å². The molecule has 3 aromatic rings. The van der Waals surface area contributed by atoms with E-state index in [4.69, 9.17) is 21.3 Å². The lowest BCUT2D eigenvalue weighted by molar-refractivity contribution is 0.0342. The van der Waals surface area contributed by atoms with Crippen LogP contribution in [-0.4, -0.2) is 80.9 Å². The van der Waals surface area contributed by atoms with Crippen LogP contribution in [0.3, 0.4) is 0 Å². The molecule has 1 aromatic heterocycles. The summed E-state index contributed by atoms with van der Waals surface area (Å²) >= 11 is 6.35. The first-order valence-electron chi connectivity index (χ1n) is 12.8. The van der Waals surface area contributed by atoms with E-state index in [9.17, 15) is 0 Å². The summed E-state index contributed by atoms with van der Waals surface area (Å²) in [5, 5.41) is 3.96. The van der Waals surface area contributed by atoms with Crippen LogP contribution in [0, 0.1) is 0 Å². The largest absolute Gasteiger partial charge is 0.379 e. The van der Waals surface area contributed by atoms with E-state index in [2.05, 4.69) is 79.6 Å². The average Bonchev–Trinajstić information content (AvgIpc) is 3.32. The minimum atomic E-state index is 0.584. The zero-order valence-electron chi connectivity index (χ0n) is 21.0. The maximum absolute atomic E-state index is 6.35. The third-order valence-corrected chi connectivity index (χ3v) is 7.27. The molecule has 3 aliphatic heterocycles. The number of ether oxygens (including phenoxy) is 1. The molecule has 0 aliphatic carbocycles. The predicted octanol–water partition coefficient (Wildman–Crippen LogP) is 3.72. The summed E-state index contributed by atoms with van der Waals surface area (Å²) < 4.78 is 5.30. The fourth-order valence-corrected chi connectivity index (χ4v) is 5.10. The zero-order chi connectivity index (χ0) is 24.7. The van der Waals surface area contributed by atoms with Crippen LogP contribution in [0.4, 0.5) is 11.5 Å². The molecule has 1 N–H and O–H groups in total. The van der Waals surface area contributed by atoms with E-state index in [1.165, 1.54) is 11.3 Å². The van der Waals surface area contributed by atoms with E-state index in [1.807, 2.05) is 7.05 Å². The molecule has 36 heavy (non-hydrogen) atoms. The number of hydrogen-bond donors (Lipinski definition) is 1.